The van der Waals surface area contributed by atoms with E-state index in [1.54, 1.807) is 18.9 Å². The Labute approximate surface area is 167 Å². The van der Waals surface area contributed by atoms with E-state index in [0.29, 0.717) is 25.2 Å². The Kier molecular flexibility index (Phi) is 8.01. The van der Waals surface area contributed by atoms with Crippen molar-refractivity contribution in [3.63, 3.8) is 0 Å². The van der Waals surface area contributed by atoms with E-state index in [1.807, 2.05) is 6.92 Å². The quantitative estimate of drug-likeness (QED) is 0.423. The third-order valence-corrected chi connectivity index (χ3v) is 5.25. The van der Waals surface area contributed by atoms with Gasteiger partial charge in [0.1, 0.15) is 6.04 Å². The van der Waals surface area contributed by atoms with Gasteiger partial charge in [0.15, 0.2) is 0 Å². The molecular weight excluding hydrogens is 384 g/mol. The highest BCUT2D eigenvalue weighted by Crippen LogP contribution is 2.24. The summed E-state index contributed by atoms with van der Waals surface area (Å²) in [6.45, 7) is 2.63. The SMILES string of the molecule is CCSCCC(NC(=O)c1ccc2c(c1)C(=O)N(CCCOC)C2=O)C(=O)O. The van der Waals surface area contributed by atoms with E-state index in [1.165, 1.54) is 18.2 Å². The van der Waals surface area contributed by atoms with Gasteiger partial charge in [0.05, 0.1) is 11.1 Å². The molecule has 8 nitrogen and oxygen atoms in total. The number of carbonyl (C=O) groups excluding carboxylic acids is 3. The minimum atomic E-state index is -1.11. The van der Waals surface area contributed by atoms with Crippen LogP contribution in [0.15, 0.2) is 18.2 Å². The molecule has 2 N–H and O–H groups in total. The normalized spacial score (nSPS) is 14.1. The van der Waals surface area contributed by atoms with Gasteiger partial charge in [-0.05, 0) is 42.5 Å². The summed E-state index contributed by atoms with van der Waals surface area (Å²) < 4.78 is 4.94. The molecule has 0 fully saturated rings. The van der Waals surface area contributed by atoms with Crippen LogP contribution in [0.5, 0.6) is 0 Å². The van der Waals surface area contributed by atoms with Crippen LogP contribution < -0.4 is 5.32 Å². The first-order valence-electron chi connectivity index (χ1n) is 9.01. The summed E-state index contributed by atoms with van der Waals surface area (Å²) >= 11 is 1.59. The van der Waals surface area contributed by atoms with Gasteiger partial charge in [-0.3, -0.25) is 19.3 Å². The molecule has 0 aromatic heterocycles. The van der Waals surface area contributed by atoms with Crippen molar-refractivity contribution < 1.29 is 29.0 Å². The Hall–Kier alpha value is -2.39. The molecule has 1 aromatic rings. The van der Waals surface area contributed by atoms with Gasteiger partial charge in [-0.15, -0.1) is 0 Å². The molecule has 152 valence electrons. The van der Waals surface area contributed by atoms with Crippen molar-refractivity contribution in [1.82, 2.24) is 10.2 Å². The lowest BCUT2D eigenvalue weighted by Gasteiger charge is -2.14. The molecule has 1 heterocycles. The molecule has 0 spiro atoms. The first-order chi connectivity index (χ1) is 13.4. The number of carboxylic acid groups (broad SMARTS) is 1. The molecule has 28 heavy (non-hydrogen) atoms. The third-order valence-electron chi connectivity index (χ3n) is 4.32. The number of ether oxygens (including phenoxy) is 1. The Bertz CT molecular complexity index is 767. The maximum atomic E-state index is 12.5. The van der Waals surface area contributed by atoms with Crippen LogP contribution in [0.4, 0.5) is 0 Å². The molecule has 0 saturated heterocycles. The van der Waals surface area contributed by atoms with Gasteiger partial charge in [0, 0.05) is 25.8 Å². The number of methoxy groups -OCH3 is 1. The summed E-state index contributed by atoms with van der Waals surface area (Å²) in [5.74, 6) is -1.08. The number of rotatable bonds is 11. The first-order valence-corrected chi connectivity index (χ1v) is 10.2. The monoisotopic (exact) mass is 408 g/mol. The molecule has 2 rings (SSSR count). The van der Waals surface area contributed by atoms with Gasteiger partial charge >= 0.3 is 5.97 Å². The highest BCUT2D eigenvalue weighted by molar-refractivity contribution is 7.99. The molecule has 1 atom stereocenters. The van der Waals surface area contributed by atoms with E-state index in [4.69, 9.17) is 4.74 Å². The topological polar surface area (TPSA) is 113 Å². The fourth-order valence-corrected chi connectivity index (χ4v) is 3.54. The minimum Gasteiger partial charge on any atom is -0.480 e. The Balaban J connectivity index is 2.11. The highest BCUT2D eigenvalue weighted by Gasteiger charge is 2.35. The number of fused-ring (bicyclic) bond motifs is 1. The summed E-state index contributed by atoms with van der Waals surface area (Å²) in [5, 5.41) is 11.8. The van der Waals surface area contributed by atoms with E-state index < -0.39 is 29.7 Å². The standard InChI is InChI=1S/C19H24N2O6S/c1-3-28-10-7-15(19(25)26)20-16(22)12-5-6-13-14(11-12)18(24)21(17(13)23)8-4-9-27-2/h5-6,11,15H,3-4,7-10H2,1-2H3,(H,20,22)(H,25,26). The number of nitrogens with one attached hydrogen (secondary N) is 1. The van der Waals surface area contributed by atoms with Gasteiger partial charge in [-0.25, -0.2) is 4.79 Å². The molecule has 0 radical (unpaired) electrons. The highest BCUT2D eigenvalue weighted by atomic mass is 32.2. The molecule has 3 amide bonds. The van der Waals surface area contributed by atoms with Crippen LogP contribution >= 0.6 is 11.8 Å². The fourth-order valence-electron chi connectivity index (χ4n) is 2.85. The zero-order valence-electron chi connectivity index (χ0n) is 15.9. The summed E-state index contributed by atoms with van der Waals surface area (Å²) in [6.07, 6.45) is 0.820. The number of imide groups is 1. The first kappa shape index (κ1) is 21.9. The number of thioether (sulfide) groups is 1. The number of nitrogens with zero attached hydrogens (tertiary/aromatic N) is 1. The molecule has 0 aliphatic carbocycles. The Morgan fingerprint density at radius 1 is 1.25 bits per heavy atom. The summed E-state index contributed by atoms with van der Waals surface area (Å²) in [4.78, 5) is 49.9. The minimum absolute atomic E-state index is 0.146. The molecular formula is C19H24N2O6S. The number of hydrogen-bond donors (Lipinski definition) is 2. The van der Waals surface area contributed by atoms with Crippen LogP contribution in [0.3, 0.4) is 0 Å². The van der Waals surface area contributed by atoms with Crippen molar-refractivity contribution in [2.75, 3.05) is 31.8 Å². The van der Waals surface area contributed by atoms with Crippen molar-refractivity contribution in [2.24, 2.45) is 0 Å². The van der Waals surface area contributed by atoms with E-state index in [9.17, 15) is 24.3 Å². The van der Waals surface area contributed by atoms with E-state index >= 15 is 0 Å². The van der Waals surface area contributed by atoms with E-state index in [2.05, 4.69) is 5.32 Å². The van der Waals surface area contributed by atoms with E-state index in [-0.39, 0.29) is 23.2 Å². The lowest BCUT2D eigenvalue weighted by atomic mass is 10.0. The second-order valence-corrected chi connectivity index (χ2v) is 7.61. The Morgan fingerprint density at radius 2 is 1.96 bits per heavy atom. The second-order valence-electron chi connectivity index (χ2n) is 6.22. The van der Waals surface area contributed by atoms with Crippen molar-refractivity contribution in [3.8, 4) is 0 Å². The maximum absolute atomic E-state index is 12.5. The van der Waals surface area contributed by atoms with Crippen LogP contribution in [-0.4, -0.2) is 71.5 Å². The average molecular weight is 408 g/mol. The van der Waals surface area contributed by atoms with Gasteiger partial charge in [-0.1, -0.05) is 6.92 Å². The number of amides is 3. The lowest BCUT2D eigenvalue weighted by Crippen LogP contribution is -2.41. The van der Waals surface area contributed by atoms with Crippen LogP contribution in [0.2, 0.25) is 0 Å². The molecule has 9 heteroatoms. The predicted molar refractivity (Wildman–Crippen MR) is 105 cm³/mol. The van der Waals surface area contributed by atoms with Crippen molar-refractivity contribution in [2.45, 2.75) is 25.8 Å². The smallest absolute Gasteiger partial charge is 0.326 e. The fraction of sp³-hybridized carbons (Fsp3) is 0.474. The number of carbonyl (C=O) groups is 4. The summed E-state index contributed by atoms with van der Waals surface area (Å²) in [5.41, 5.74) is 0.546. The lowest BCUT2D eigenvalue weighted by molar-refractivity contribution is -0.139. The van der Waals surface area contributed by atoms with Crippen molar-refractivity contribution >= 4 is 35.5 Å². The average Bonchev–Trinajstić information content (AvgIpc) is 2.91. The molecule has 1 unspecified atom stereocenters. The largest absolute Gasteiger partial charge is 0.480 e. The zero-order chi connectivity index (χ0) is 20.7. The van der Waals surface area contributed by atoms with Crippen molar-refractivity contribution in [3.05, 3.63) is 34.9 Å². The maximum Gasteiger partial charge on any atom is 0.326 e. The third kappa shape index (κ3) is 5.11. The Morgan fingerprint density at radius 3 is 2.61 bits per heavy atom. The zero-order valence-corrected chi connectivity index (χ0v) is 16.7. The van der Waals surface area contributed by atoms with Crippen molar-refractivity contribution in [1.29, 1.82) is 0 Å². The van der Waals surface area contributed by atoms with Gasteiger partial charge in [0.2, 0.25) is 0 Å². The van der Waals surface area contributed by atoms with Crippen LogP contribution in [0.25, 0.3) is 0 Å². The van der Waals surface area contributed by atoms with Crippen LogP contribution in [0, 0.1) is 0 Å². The number of hydrogen-bond acceptors (Lipinski definition) is 6. The molecule has 1 aliphatic rings. The number of aliphatic carboxylic acids is 1. The van der Waals surface area contributed by atoms with Gasteiger partial charge in [0.25, 0.3) is 17.7 Å². The number of benzene rings is 1. The predicted octanol–water partition coefficient (Wildman–Crippen LogP) is 1.65. The molecule has 1 aliphatic heterocycles. The summed E-state index contributed by atoms with van der Waals surface area (Å²) in [6, 6.07) is 3.20. The molecule has 1 aromatic carbocycles. The molecule has 0 bridgehead atoms. The second kappa shape index (κ2) is 10.2. The number of carboxylic acids is 1. The van der Waals surface area contributed by atoms with Crippen LogP contribution in [0.1, 0.15) is 50.8 Å². The van der Waals surface area contributed by atoms with E-state index in [0.717, 1.165) is 10.7 Å². The van der Waals surface area contributed by atoms with Crippen LogP contribution in [-0.2, 0) is 9.53 Å². The summed E-state index contributed by atoms with van der Waals surface area (Å²) in [7, 11) is 1.54. The van der Waals surface area contributed by atoms with Gasteiger partial charge < -0.3 is 15.2 Å². The molecule has 0 saturated carbocycles. The van der Waals surface area contributed by atoms with Gasteiger partial charge in [-0.2, -0.15) is 11.8 Å².